The van der Waals surface area contributed by atoms with Gasteiger partial charge in [0.25, 0.3) is 5.56 Å². The largest absolute Gasteiger partial charge is 0.291 e. The van der Waals surface area contributed by atoms with Crippen molar-refractivity contribution in [1.82, 2.24) is 19.4 Å². The predicted octanol–water partition coefficient (Wildman–Crippen LogP) is 0.571. The topological polar surface area (TPSA) is 63.0 Å². The molecule has 0 saturated heterocycles. The van der Waals surface area contributed by atoms with E-state index in [4.69, 9.17) is 0 Å². The van der Waals surface area contributed by atoms with Gasteiger partial charge in [-0.15, -0.1) is 0 Å². The van der Waals surface area contributed by atoms with Gasteiger partial charge in [0, 0.05) is 24.8 Å². The molecule has 0 aliphatic rings. The maximum atomic E-state index is 11.5. The zero-order chi connectivity index (χ0) is 9.54. The summed E-state index contributed by atoms with van der Waals surface area (Å²) in [6, 6.07) is 1.79. The zero-order valence-corrected chi connectivity index (χ0v) is 7.14. The molecule has 0 unspecified atom stereocenters. The Morgan fingerprint density at radius 1 is 1.36 bits per heavy atom. The number of aromatic amines is 1. The van der Waals surface area contributed by atoms with Gasteiger partial charge in [0.2, 0.25) is 5.78 Å². The van der Waals surface area contributed by atoms with Crippen molar-refractivity contribution >= 4 is 16.7 Å². The van der Waals surface area contributed by atoms with Crippen molar-refractivity contribution < 1.29 is 0 Å². The molecule has 0 aliphatic carbocycles. The van der Waals surface area contributed by atoms with Crippen LogP contribution in [0.2, 0.25) is 0 Å². The lowest BCUT2D eigenvalue weighted by molar-refractivity contribution is 1.13. The lowest BCUT2D eigenvalue weighted by Gasteiger charge is -1.98. The smallest absolute Gasteiger partial charge is 0.261 e. The summed E-state index contributed by atoms with van der Waals surface area (Å²) in [6.45, 7) is 0. The Labute approximate surface area is 78.1 Å². The van der Waals surface area contributed by atoms with E-state index in [0.717, 1.165) is 5.52 Å². The van der Waals surface area contributed by atoms with E-state index in [1.54, 1.807) is 30.9 Å². The molecule has 3 rings (SSSR count). The molecule has 0 saturated carbocycles. The molecule has 0 radical (unpaired) electrons. The van der Waals surface area contributed by atoms with E-state index in [2.05, 4.69) is 15.0 Å². The van der Waals surface area contributed by atoms with Crippen molar-refractivity contribution in [2.45, 2.75) is 0 Å². The number of fused-ring (bicyclic) bond motifs is 3. The molecule has 0 aliphatic heterocycles. The Morgan fingerprint density at radius 2 is 2.29 bits per heavy atom. The molecule has 3 aromatic heterocycles. The highest BCUT2D eigenvalue weighted by Gasteiger charge is 2.03. The Hall–Kier alpha value is -2.17. The standard InChI is InChI=1S/C9H6N4O/c14-8-6-5-10-2-1-7(6)13-4-3-11-9(13)12-8/h1-5H,(H,11,12,14). The Kier molecular flexibility index (Phi) is 1.25. The highest BCUT2D eigenvalue weighted by molar-refractivity contribution is 5.78. The SMILES string of the molecule is O=c1[nH]c2nccn2c2ccncc12. The van der Waals surface area contributed by atoms with Crippen LogP contribution >= 0.6 is 0 Å². The molecule has 3 heterocycles. The van der Waals surface area contributed by atoms with Crippen LogP contribution in [0.5, 0.6) is 0 Å². The summed E-state index contributed by atoms with van der Waals surface area (Å²) in [6.07, 6.45) is 6.65. The van der Waals surface area contributed by atoms with Crippen molar-refractivity contribution in [3.63, 3.8) is 0 Å². The van der Waals surface area contributed by atoms with Gasteiger partial charge >= 0.3 is 0 Å². The molecule has 0 amide bonds. The van der Waals surface area contributed by atoms with E-state index in [1.807, 2.05) is 4.40 Å². The number of imidazole rings is 1. The Bertz CT molecular complexity index is 667. The second-order valence-corrected chi connectivity index (χ2v) is 2.97. The predicted molar refractivity (Wildman–Crippen MR) is 51.1 cm³/mol. The lowest BCUT2D eigenvalue weighted by Crippen LogP contribution is -2.09. The van der Waals surface area contributed by atoms with Gasteiger partial charge in [-0.1, -0.05) is 0 Å². The molecule has 0 spiro atoms. The molecule has 14 heavy (non-hydrogen) atoms. The molecule has 68 valence electrons. The maximum Gasteiger partial charge on any atom is 0.261 e. The fourth-order valence-electron chi connectivity index (χ4n) is 1.53. The second-order valence-electron chi connectivity index (χ2n) is 2.97. The molecule has 0 bridgehead atoms. The van der Waals surface area contributed by atoms with Crippen LogP contribution in [-0.4, -0.2) is 19.4 Å². The number of pyridine rings is 1. The highest BCUT2D eigenvalue weighted by Crippen LogP contribution is 2.08. The number of hydrogen-bond acceptors (Lipinski definition) is 3. The fraction of sp³-hybridized carbons (Fsp3) is 0. The summed E-state index contributed by atoms with van der Waals surface area (Å²) in [5.74, 6) is 0.550. The van der Waals surface area contributed by atoms with E-state index >= 15 is 0 Å². The number of rotatable bonds is 0. The van der Waals surface area contributed by atoms with Crippen LogP contribution in [0, 0.1) is 0 Å². The summed E-state index contributed by atoms with van der Waals surface area (Å²) in [5, 5.41) is 0.568. The quantitative estimate of drug-likeness (QED) is 0.558. The molecular weight excluding hydrogens is 180 g/mol. The maximum absolute atomic E-state index is 11.5. The zero-order valence-electron chi connectivity index (χ0n) is 7.14. The van der Waals surface area contributed by atoms with Gasteiger partial charge in [0.05, 0.1) is 10.9 Å². The van der Waals surface area contributed by atoms with Crippen LogP contribution in [0.4, 0.5) is 0 Å². The van der Waals surface area contributed by atoms with E-state index in [9.17, 15) is 4.79 Å². The second kappa shape index (κ2) is 2.41. The summed E-state index contributed by atoms with van der Waals surface area (Å²) in [4.78, 5) is 22.1. The van der Waals surface area contributed by atoms with Crippen LogP contribution in [0.15, 0.2) is 35.6 Å². The first-order chi connectivity index (χ1) is 6.86. The van der Waals surface area contributed by atoms with Gasteiger partial charge in [-0.05, 0) is 6.07 Å². The average molecular weight is 186 g/mol. The summed E-state index contributed by atoms with van der Waals surface area (Å²) < 4.78 is 1.82. The molecule has 0 fully saturated rings. The first kappa shape index (κ1) is 7.25. The number of aromatic nitrogens is 4. The van der Waals surface area contributed by atoms with Gasteiger partial charge in [-0.3, -0.25) is 19.2 Å². The molecular formula is C9H6N4O. The van der Waals surface area contributed by atoms with Crippen LogP contribution < -0.4 is 5.56 Å². The van der Waals surface area contributed by atoms with Crippen molar-refractivity contribution in [3.05, 3.63) is 41.2 Å². The minimum Gasteiger partial charge on any atom is -0.291 e. The van der Waals surface area contributed by atoms with E-state index in [-0.39, 0.29) is 5.56 Å². The van der Waals surface area contributed by atoms with Gasteiger partial charge in [0.15, 0.2) is 0 Å². The average Bonchev–Trinajstić information content (AvgIpc) is 2.66. The van der Waals surface area contributed by atoms with E-state index in [1.165, 1.54) is 0 Å². The van der Waals surface area contributed by atoms with Crippen molar-refractivity contribution in [1.29, 1.82) is 0 Å². The van der Waals surface area contributed by atoms with Crippen LogP contribution in [0.3, 0.4) is 0 Å². The molecule has 3 aromatic rings. The van der Waals surface area contributed by atoms with Gasteiger partial charge in [-0.25, -0.2) is 4.98 Å². The minimum absolute atomic E-state index is 0.160. The van der Waals surface area contributed by atoms with Gasteiger partial charge in [-0.2, -0.15) is 0 Å². The fourth-order valence-corrected chi connectivity index (χ4v) is 1.53. The molecule has 5 nitrogen and oxygen atoms in total. The molecule has 5 heteroatoms. The van der Waals surface area contributed by atoms with Crippen molar-refractivity contribution in [2.24, 2.45) is 0 Å². The number of H-pyrrole nitrogens is 1. The van der Waals surface area contributed by atoms with Crippen LogP contribution in [-0.2, 0) is 0 Å². The molecule has 0 aromatic carbocycles. The lowest BCUT2D eigenvalue weighted by atomic mass is 10.3. The first-order valence-corrected chi connectivity index (χ1v) is 4.15. The minimum atomic E-state index is -0.160. The van der Waals surface area contributed by atoms with Crippen LogP contribution in [0.25, 0.3) is 16.7 Å². The third-order valence-electron chi connectivity index (χ3n) is 2.17. The number of nitrogens with zero attached hydrogens (tertiary/aromatic N) is 3. The van der Waals surface area contributed by atoms with Gasteiger partial charge < -0.3 is 0 Å². The number of nitrogens with one attached hydrogen (secondary N) is 1. The van der Waals surface area contributed by atoms with E-state index < -0.39 is 0 Å². The third kappa shape index (κ3) is 0.806. The van der Waals surface area contributed by atoms with Crippen molar-refractivity contribution in [2.75, 3.05) is 0 Å². The Balaban J connectivity index is 2.74. The normalized spacial score (nSPS) is 11.1. The Morgan fingerprint density at radius 3 is 3.21 bits per heavy atom. The number of hydrogen-bond donors (Lipinski definition) is 1. The summed E-state index contributed by atoms with van der Waals surface area (Å²) >= 11 is 0. The third-order valence-corrected chi connectivity index (χ3v) is 2.17. The molecule has 1 N–H and O–H groups in total. The molecule has 0 atom stereocenters. The van der Waals surface area contributed by atoms with Gasteiger partial charge in [0.1, 0.15) is 0 Å². The highest BCUT2D eigenvalue weighted by atomic mass is 16.1. The van der Waals surface area contributed by atoms with Crippen molar-refractivity contribution in [3.8, 4) is 0 Å². The first-order valence-electron chi connectivity index (χ1n) is 4.15. The monoisotopic (exact) mass is 186 g/mol. The van der Waals surface area contributed by atoms with Crippen LogP contribution in [0.1, 0.15) is 0 Å². The summed E-state index contributed by atoms with van der Waals surface area (Å²) in [5.41, 5.74) is 0.656. The summed E-state index contributed by atoms with van der Waals surface area (Å²) in [7, 11) is 0. The van der Waals surface area contributed by atoms with E-state index in [0.29, 0.717) is 11.2 Å².